The van der Waals surface area contributed by atoms with Gasteiger partial charge in [0.25, 0.3) is 0 Å². The highest BCUT2D eigenvalue weighted by molar-refractivity contribution is 14.1. The van der Waals surface area contributed by atoms with Gasteiger partial charge in [-0.1, -0.05) is 18.2 Å². The van der Waals surface area contributed by atoms with Crippen molar-refractivity contribution in [3.63, 3.8) is 0 Å². The first-order valence-electron chi connectivity index (χ1n) is 3.23. The Kier molecular flexibility index (Phi) is 3.74. The molecule has 0 atom stereocenters. The summed E-state index contributed by atoms with van der Waals surface area (Å²) in [5.41, 5.74) is 0. The van der Waals surface area contributed by atoms with Crippen LogP contribution < -0.4 is 5.32 Å². The minimum absolute atomic E-state index is 0.488. The van der Waals surface area contributed by atoms with Gasteiger partial charge in [0.15, 0.2) is 0 Å². The molecule has 0 aliphatic heterocycles. The predicted octanol–water partition coefficient (Wildman–Crippen LogP) is 2.25. The number of halogens is 2. The van der Waals surface area contributed by atoms with Crippen molar-refractivity contribution in [1.29, 1.82) is 0 Å². The number of hydrogen-bond acceptors (Lipinski definition) is 3. The van der Waals surface area contributed by atoms with Crippen LogP contribution in [0.4, 0.5) is 5.95 Å². The van der Waals surface area contributed by atoms with Crippen LogP contribution in [0.3, 0.4) is 0 Å². The lowest BCUT2D eigenvalue weighted by molar-refractivity contribution is 1.10. The molecular weight excluding hydrogens is 288 g/mol. The van der Waals surface area contributed by atoms with E-state index in [1.165, 1.54) is 0 Å². The Morgan fingerprint density at radius 1 is 1.58 bits per heavy atom. The molecule has 0 spiro atoms. The number of rotatable bonds is 3. The number of hydrogen-bond donors (Lipinski definition) is 1. The van der Waals surface area contributed by atoms with Gasteiger partial charge in [-0.15, -0.1) is 0 Å². The SMILES string of the molecule is C=C(Cl)CNc1ncc(I)cn1. The van der Waals surface area contributed by atoms with Crippen molar-refractivity contribution in [3.8, 4) is 0 Å². The van der Waals surface area contributed by atoms with Gasteiger partial charge in [-0.3, -0.25) is 0 Å². The zero-order valence-corrected chi connectivity index (χ0v) is 9.13. The molecule has 5 heteroatoms. The Bertz CT molecular complexity index is 272. The lowest BCUT2D eigenvalue weighted by atomic mass is 10.6. The third-order valence-electron chi connectivity index (χ3n) is 1.06. The molecule has 0 fully saturated rings. The summed E-state index contributed by atoms with van der Waals surface area (Å²) in [6.45, 7) is 4.02. The van der Waals surface area contributed by atoms with Crippen molar-refractivity contribution in [1.82, 2.24) is 9.97 Å². The van der Waals surface area contributed by atoms with E-state index in [2.05, 4.69) is 44.5 Å². The highest BCUT2D eigenvalue weighted by Crippen LogP contribution is 2.04. The van der Waals surface area contributed by atoms with Gasteiger partial charge in [-0.2, -0.15) is 0 Å². The second-order valence-electron chi connectivity index (χ2n) is 2.10. The quantitative estimate of drug-likeness (QED) is 0.869. The molecule has 0 unspecified atom stereocenters. The van der Waals surface area contributed by atoms with Crippen molar-refractivity contribution in [2.24, 2.45) is 0 Å². The Morgan fingerprint density at radius 3 is 2.67 bits per heavy atom. The van der Waals surface area contributed by atoms with Gasteiger partial charge in [0.2, 0.25) is 5.95 Å². The Hall–Kier alpha value is -0.360. The molecule has 1 aromatic heterocycles. The van der Waals surface area contributed by atoms with E-state index in [-0.39, 0.29) is 0 Å². The fraction of sp³-hybridized carbons (Fsp3) is 0.143. The molecule has 64 valence electrons. The van der Waals surface area contributed by atoms with Gasteiger partial charge in [-0.25, -0.2) is 9.97 Å². The zero-order valence-electron chi connectivity index (χ0n) is 6.22. The summed E-state index contributed by atoms with van der Waals surface area (Å²) in [7, 11) is 0. The van der Waals surface area contributed by atoms with Gasteiger partial charge in [0.1, 0.15) is 0 Å². The second-order valence-corrected chi connectivity index (χ2v) is 3.88. The van der Waals surface area contributed by atoms with Crippen LogP contribution in [0.25, 0.3) is 0 Å². The second kappa shape index (κ2) is 4.61. The fourth-order valence-electron chi connectivity index (χ4n) is 0.579. The van der Waals surface area contributed by atoms with E-state index in [9.17, 15) is 0 Å². The number of anilines is 1. The van der Waals surface area contributed by atoms with E-state index in [0.29, 0.717) is 17.5 Å². The van der Waals surface area contributed by atoms with Gasteiger partial charge in [0, 0.05) is 21.0 Å². The molecule has 0 saturated carbocycles. The number of nitrogens with zero attached hydrogens (tertiary/aromatic N) is 2. The highest BCUT2D eigenvalue weighted by Gasteiger charge is 1.94. The summed E-state index contributed by atoms with van der Waals surface area (Å²) in [4.78, 5) is 8.04. The van der Waals surface area contributed by atoms with E-state index in [4.69, 9.17) is 11.6 Å². The molecule has 1 rings (SSSR count). The van der Waals surface area contributed by atoms with Gasteiger partial charge < -0.3 is 5.32 Å². The first-order valence-corrected chi connectivity index (χ1v) is 4.69. The molecule has 0 aromatic carbocycles. The summed E-state index contributed by atoms with van der Waals surface area (Å²) in [5, 5.41) is 3.45. The Balaban J connectivity index is 2.53. The fourth-order valence-corrected chi connectivity index (χ4v) is 0.924. The molecule has 3 nitrogen and oxygen atoms in total. The molecule has 0 amide bonds. The molecule has 1 heterocycles. The Morgan fingerprint density at radius 2 is 2.17 bits per heavy atom. The summed E-state index contributed by atoms with van der Waals surface area (Å²) >= 11 is 7.69. The molecule has 0 bridgehead atoms. The lowest BCUT2D eigenvalue weighted by Crippen LogP contribution is -2.04. The van der Waals surface area contributed by atoms with E-state index in [1.807, 2.05) is 0 Å². The third kappa shape index (κ3) is 3.36. The molecule has 1 N–H and O–H groups in total. The van der Waals surface area contributed by atoms with Crippen LogP contribution in [0, 0.1) is 3.57 Å². The van der Waals surface area contributed by atoms with E-state index >= 15 is 0 Å². The normalized spacial score (nSPS) is 9.50. The van der Waals surface area contributed by atoms with E-state index in [0.717, 1.165) is 3.57 Å². The molecule has 0 saturated heterocycles. The molecule has 12 heavy (non-hydrogen) atoms. The van der Waals surface area contributed by atoms with Crippen LogP contribution >= 0.6 is 34.2 Å². The molecule has 0 aliphatic rings. The first-order chi connectivity index (χ1) is 5.68. The smallest absolute Gasteiger partial charge is 0.222 e. The minimum atomic E-state index is 0.488. The molecule has 0 radical (unpaired) electrons. The van der Waals surface area contributed by atoms with Gasteiger partial charge in [-0.05, 0) is 22.6 Å². The maximum Gasteiger partial charge on any atom is 0.222 e. The van der Waals surface area contributed by atoms with Crippen molar-refractivity contribution >= 4 is 40.1 Å². The summed E-state index contributed by atoms with van der Waals surface area (Å²) < 4.78 is 1.00. The minimum Gasteiger partial charge on any atom is -0.349 e. The molecular formula is C7H7ClIN3. The maximum absolute atomic E-state index is 5.54. The van der Waals surface area contributed by atoms with Gasteiger partial charge >= 0.3 is 0 Å². The predicted molar refractivity (Wildman–Crippen MR) is 58.2 cm³/mol. The molecule has 0 aliphatic carbocycles. The number of aromatic nitrogens is 2. The average molecular weight is 296 g/mol. The van der Waals surface area contributed by atoms with Crippen LogP contribution in [-0.2, 0) is 0 Å². The standard InChI is InChI=1S/C7H7ClIN3/c1-5(8)2-10-7-11-3-6(9)4-12-7/h3-4H,1-2H2,(H,10,11,12). The van der Waals surface area contributed by atoms with E-state index in [1.54, 1.807) is 12.4 Å². The van der Waals surface area contributed by atoms with Crippen LogP contribution in [0.5, 0.6) is 0 Å². The zero-order chi connectivity index (χ0) is 8.97. The van der Waals surface area contributed by atoms with Crippen molar-refractivity contribution in [2.45, 2.75) is 0 Å². The summed E-state index contributed by atoms with van der Waals surface area (Å²) in [6, 6.07) is 0. The van der Waals surface area contributed by atoms with Crippen molar-refractivity contribution in [2.75, 3.05) is 11.9 Å². The summed E-state index contributed by atoms with van der Waals surface area (Å²) in [6.07, 6.45) is 3.46. The maximum atomic E-state index is 5.54. The third-order valence-corrected chi connectivity index (χ3v) is 1.75. The summed E-state index contributed by atoms with van der Waals surface area (Å²) in [5.74, 6) is 0.567. The molecule has 1 aromatic rings. The average Bonchev–Trinajstić information content (AvgIpc) is 2.03. The largest absolute Gasteiger partial charge is 0.349 e. The monoisotopic (exact) mass is 295 g/mol. The topological polar surface area (TPSA) is 37.8 Å². The highest BCUT2D eigenvalue weighted by atomic mass is 127. The van der Waals surface area contributed by atoms with Crippen LogP contribution in [0.15, 0.2) is 24.0 Å². The van der Waals surface area contributed by atoms with Gasteiger partial charge in [0.05, 0.1) is 6.54 Å². The number of nitrogens with one attached hydrogen (secondary N) is 1. The van der Waals surface area contributed by atoms with Crippen LogP contribution in [0.1, 0.15) is 0 Å². The van der Waals surface area contributed by atoms with Crippen LogP contribution in [-0.4, -0.2) is 16.5 Å². The van der Waals surface area contributed by atoms with Crippen LogP contribution in [0.2, 0.25) is 0 Å². The first kappa shape index (κ1) is 9.73. The van der Waals surface area contributed by atoms with E-state index < -0.39 is 0 Å². The van der Waals surface area contributed by atoms with Crippen molar-refractivity contribution < 1.29 is 0 Å². The van der Waals surface area contributed by atoms with Crippen molar-refractivity contribution in [3.05, 3.63) is 27.6 Å². The Labute approximate surface area is 89.4 Å². The lowest BCUT2D eigenvalue weighted by Gasteiger charge is -2.01.